The average molecular weight is 365 g/mol. The summed E-state index contributed by atoms with van der Waals surface area (Å²) in [6.45, 7) is 3.34. The van der Waals surface area contributed by atoms with Crippen LogP contribution in [0, 0.1) is 6.92 Å². The summed E-state index contributed by atoms with van der Waals surface area (Å²) in [6.07, 6.45) is 3.26. The van der Waals surface area contributed by atoms with Crippen molar-refractivity contribution in [3.63, 3.8) is 0 Å². The van der Waals surface area contributed by atoms with Crippen LogP contribution in [0.25, 0.3) is 0 Å². The first kappa shape index (κ1) is 17.0. The lowest BCUT2D eigenvalue weighted by atomic mass is 10.1. The third-order valence-corrected chi connectivity index (χ3v) is 4.44. The minimum Gasteiger partial charge on any atom is -0.339 e. The predicted molar refractivity (Wildman–Crippen MR) is 96.3 cm³/mol. The summed E-state index contributed by atoms with van der Waals surface area (Å²) in [5, 5.41) is 4.18. The molecule has 3 rings (SSSR count). The van der Waals surface area contributed by atoms with Gasteiger partial charge in [0.1, 0.15) is 17.3 Å². The zero-order chi connectivity index (χ0) is 17.1. The van der Waals surface area contributed by atoms with Crippen LogP contribution in [-0.4, -0.2) is 33.9 Å². The van der Waals surface area contributed by atoms with Crippen LogP contribution < -0.4 is 5.32 Å². The second-order valence-corrected chi connectivity index (χ2v) is 6.63. The van der Waals surface area contributed by atoms with E-state index >= 15 is 0 Å². The van der Waals surface area contributed by atoms with Crippen molar-refractivity contribution in [2.75, 3.05) is 18.4 Å². The lowest BCUT2D eigenvalue weighted by Crippen LogP contribution is -2.36. The Hall–Kier alpha value is -1.85. The van der Waals surface area contributed by atoms with Gasteiger partial charge in [0.15, 0.2) is 0 Å². The zero-order valence-electron chi connectivity index (χ0n) is 13.4. The number of anilines is 2. The number of carbonyl (C=O) groups excluding carboxylic acids is 1. The number of hydrogen-bond donors (Lipinski definition) is 1. The molecule has 24 heavy (non-hydrogen) atoms. The van der Waals surface area contributed by atoms with Crippen LogP contribution in [0.1, 0.15) is 35.6 Å². The molecule has 0 unspecified atom stereocenters. The molecule has 2 aromatic rings. The Bertz CT molecular complexity index is 760. The molecule has 7 heteroatoms. The fourth-order valence-corrected chi connectivity index (χ4v) is 3.18. The summed E-state index contributed by atoms with van der Waals surface area (Å²) in [6, 6.07) is 6.83. The van der Waals surface area contributed by atoms with Gasteiger partial charge in [0.2, 0.25) is 0 Å². The number of likely N-dealkylation sites (tertiary alicyclic amines) is 1. The van der Waals surface area contributed by atoms with Gasteiger partial charge in [0, 0.05) is 24.2 Å². The minimum absolute atomic E-state index is 0.0505. The van der Waals surface area contributed by atoms with Gasteiger partial charge in [-0.2, -0.15) is 0 Å². The van der Waals surface area contributed by atoms with Gasteiger partial charge >= 0.3 is 0 Å². The van der Waals surface area contributed by atoms with E-state index in [-0.39, 0.29) is 5.91 Å². The van der Waals surface area contributed by atoms with Gasteiger partial charge in [-0.25, -0.2) is 9.97 Å². The number of nitrogens with one attached hydrogen (secondary N) is 1. The second kappa shape index (κ2) is 7.36. The first-order chi connectivity index (χ1) is 11.5. The van der Waals surface area contributed by atoms with Crippen LogP contribution in [0.4, 0.5) is 11.5 Å². The first-order valence-electron chi connectivity index (χ1n) is 7.90. The highest BCUT2D eigenvalue weighted by molar-refractivity contribution is 6.36. The fourth-order valence-electron chi connectivity index (χ4n) is 2.73. The quantitative estimate of drug-likeness (QED) is 0.873. The number of halogens is 2. The van der Waals surface area contributed by atoms with Crippen molar-refractivity contribution in [1.82, 2.24) is 14.9 Å². The molecule has 2 heterocycles. The molecule has 1 N–H and O–H groups in total. The van der Waals surface area contributed by atoms with Crippen molar-refractivity contribution in [2.45, 2.75) is 26.2 Å². The molecule has 0 spiro atoms. The first-order valence-corrected chi connectivity index (χ1v) is 8.65. The number of nitrogens with zero attached hydrogens (tertiary/aromatic N) is 3. The summed E-state index contributed by atoms with van der Waals surface area (Å²) in [5.74, 6) is 1.02. The van der Waals surface area contributed by atoms with Gasteiger partial charge in [0.05, 0.1) is 10.7 Å². The molecule has 1 saturated heterocycles. The average Bonchev–Trinajstić information content (AvgIpc) is 2.57. The molecular formula is C17H18Cl2N4O. The van der Waals surface area contributed by atoms with Gasteiger partial charge in [-0.15, -0.1) is 0 Å². The third-order valence-electron chi connectivity index (χ3n) is 3.89. The van der Waals surface area contributed by atoms with Crippen molar-refractivity contribution in [2.24, 2.45) is 0 Å². The molecule has 5 nitrogen and oxygen atoms in total. The summed E-state index contributed by atoms with van der Waals surface area (Å²) in [5.41, 5.74) is 1.08. The van der Waals surface area contributed by atoms with Gasteiger partial charge < -0.3 is 10.2 Å². The number of amides is 1. The second-order valence-electron chi connectivity index (χ2n) is 5.79. The molecule has 1 fully saturated rings. The Labute approximate surface area is 151 Å². The monoisotopic (exact) mass is 364 g/mol. The highest BCUT2D eigenvalue weighted by atomic mass is 35.5. The van der Waals surface area contributed by atoms with E-state index in [1.807, 2.05) is 4.90 Å². The smallest absolute Gasteiger partial charge is 0.272 e. The van der Waals surface area contributed by atoms with Gasteiger partial charge in [0.25, 0.3) is 5.91 Å². The SMILES string of the molecule is Cc1nc(Nc2ccc(Cl)cc2Cl)cc(C(=O)N2CCCCC2)n1. The van der Waals surface area contributed by atoms with Crippen molar-refractivity contribution >= 4 is 40.6 Å². The number of carbonyl (C=O) groups is 1. The molecular weight excluding hydrogens is 347 g/mol. The molecule has 0 atom stereocenters. The maximum Gasteiger partial charge on any atom is 0.272 e. The van der Waals surface area contributed by atoms with Crippen molar-refractivity contribution in [3.8, 4) is 0 Å². The normalized spacial score (nSPS) is 14.5. The van der Waals surface area contributed by atoms with E-state index in [0.29, 0.717) is 33.1 Å². The molecule has 0 saturated carbocycles. The van der Waals surface area contributed by atoms with Crippen molar-refractivity contribution < 1.29 is 4.79 Å². The third kappa shape index (κ3) is 3.97. The van der Waals surface area contributed by atoms with Crippen molar-refractivity contribution in [3.05, 3.63) is 45.8 Å². The maximum atomic E-state index is 12.6. The zero-order valence-corrected chi connectivity index (χ0v) is 14.9. The molecule has 1 aromatic carbocycles. The number of rotatable bonds is 3. The lowest BCUT2D eigenvalue weighted by molar-refractivity contribution is 0.0718. The molecule has 0 aliphatic carbocycles. The van der Waals surface area contributed by atoms with E-state index < -0.39 is 0 Å². The maximum absolute atomic E-state index is 12.6. The highest BCUT2D eigenvalue weighted by Gasteiger charge is 2.20. The Morgan fingerprint density at radius 1 is 1.12 bits per heavy atom. The largest absolute Gasteiger partial charge is 0.339 e. The molecule has 126 valence electrons. The van der Waals surface area contributed by atoms with Gasteiger partial charge in [-0.05, 0) is 44.4 Å². The van der Waals surface area contributed by atoms with Crippen LogP contribution in [-0.2, 0) is 0 Å². The summed E-state index contributed by atoms with van der Waals surface area (Å²) >= 11 is 12.1. The Morgan fingerprint density at radius 3 is 2.58 bits per heavy atom. The van der Waals surface area contributed by atoms with Crippen LogP contribution in [0.2, 0.25) is 10.0 Å². The van der Waals surface area contributed by atoms with E-state index in [9.17, 15) is 4.79 Å². The van der Waals surface area contributed by atoms with E-state index in [1.54, 1.807) is 31.2 Å². The summed E-state index contributed by atoms with van der Waals surface area (Å²) in [4.78, 5) is 23.1. The number of piperidine rings is 1. The Kier molecular flexibility index (Phi) is 5.21. The topological polar surface area (TPSA) is 58.1 Å². The number of aryl methyl sites for hydroxylation is 1. The van der Waals surface area contributed by atoms with Crippen LogP contribution >= 0.6 is 23.2 Å². The van der Waals surface area contributed by atoms with E-state index in [0.717, 1.165) is 25.9 Å². The fraction of sp³-hybridized carbons (Fsp3) is 0.353. The molecule has 1 aliphatic heterocycles. The Balaban J connectivity index is 1.84. The van der Waals surface area contributed by atoms with Crippen LogP contribution in [0.3, 0.4) is 0 Å². The van der Waals surface area contributed by atoms with Gasteiger partial charge in [-0.3, -0.25) is 4.79 Å². The number of hydrogen-bond acceptors (Lipinski definition) is 4. The standard InChI is InChI=1S/C17H18Cl2N4O/c1-11-20-15(17(24)23-7-3-2-4-8-23)10-16(21-11)22-14-6-5-12(18)9-13(14)19/h5-6,9-10H,2-4,7-8H2,1H3,(H,20,21,22). The summed E-state index contributed by atoms with van der Waals surface area (Å²) in [7, 11) is 0. The Morgan fingerprint density at radius 2 is 1.88 bits per heavy atom. The summed E-state index contributed by atoms with van der Waals surface area (Å²) < 4.78 is 0. The van der Waals surface area contributed by atoms with E-state index in [2.05, 4.69) is 15.3 Å². The molecule has 1 aromatic heterocycles. The number of aromatic nitrogens is 2. The molecule has 0 radical (unpaired) electrons. The minimum atomic E-state index is -0.0505. The number of benzene rings is 1. The van der Waals surface area contributed by atoms with Crippen LogP contribution in [0.5, 0.6) is 0 Å². The van der Waals surface area contributed by atoms with Crippen LogP contribution in [0.15, 0.2) is 24.3 Å². The molecule has 1 aliphatic rings. The lowest BCUT2D eigenvalue weighted by Gasteiger charge is -2.26. The molecule has 0 bridgehead atoms. The predicted octanol–water partition coefficient (Wildman–Crippen LogP) is 4.46. The van der Waals surface area contributed by atoms with Gasteiger partial charge in [-0.1, -0.05) is 23.2 Å². The van der Waals surface area contributed by atoms with E-state index in [4.69, 9.17) is 23.2 Å². The highest BCUT2D eigenvalue weighted by Crippen LogP contribution is 2.28. The van der Waals surface area contributed by atoms with E-state index in [1.165, 1.54) is 6.42 Å². The molecule has 1 amide bonds. The van der Waals surface area contributed by atoms with Crippen molar-refractivity contribution in [1.29, 1.82) is 0 Å².